The van der Waals surface area contributed by atoms with Crippen molar-refractivity contribution in [3.05, 3.63) is 65.8 Å². The molecule has 4 rings (SSSR count). The van der Waals surface area contributed by atoms with Crippen LogP contribution in [-0.2, 0) is 21.4 Å². The van der Waals surface area contributed by atoms with E-state index in [1.807, 2.05) is 46.8 Å². The molecular formula is C27H33N5O3. The molecule has 1 aliphatic rings. The van der Waals surface area contributed by atoms with Crippen molar-refractivity contribution in [1.82, 2.24) is 25.7 Å². The van der Waals surface area contributed by atoms with Crippen LogP contribution in [-0.4, -0.2) is 40.3 Å². The number of benzene rings is 1. The summed E-state index contributed by atoms with van der Waals surface area (Å²) in [7, 11) is 1.61. The van der Waals surface area contributed by atoms with Crippen LogP contribution in [0.3, 0.4) is 0 Å². The quantitative estimate of drug-likeness (QED) is 0.416. The van der Waals surface area contributed by atoms with E-state index < -0.39 is 17.1 Å². The van der Waals surface area contributed by atoms with E-state index in [1.54, 1.807) is 19.5 Å². The zero-order chi connectivity index (χ0) is 25.2. The van der Waals surface area contributed by atoms with Crippen LogP contribution in [0.5, 0.6) is 0 Å². The second-order valence-electron chi connectivity index (χ2n) is 10.3. The first kappa shape index (κ1) is 24.5. The molecule has 2 heterocycles. The highest BCUT2D eigenvalue weighted by Gasteiger charge is 2.29. The van der Waals surface area contributed by atoms with Gasteiger partial charge in [0, 0.05) is 41.0 Å². The Balaban J connectivity index is 1.67. The van der Waals surface area contributed by atoms with Gasteiger partial charge >= 0.3 is 6.09 Å². The maximum absolute atomic E-state index is 12.2. The van der Waals surface area contributed by atoms with E-state index in [1.165, 1.54) is 5.56 Å². The highest BCUT2D eigenvalue weighted by atomic mass is 16.6. The van der Waals surface area contributed by atoms with Crippen LogP contribution in [0.25, 0.3) is 28.2 Å². The van der Waals surface area contributed by atoms with Crippen LogP contribution in [0.4, 0.5) is 4.79 Å². The summed E-state index contributed by atoms with van der Waals surface area (Å²) in [5, 5.41) is 2.88. The molecule has 184 valence electrons. The number of carbonyl (C=O) groups is 1. The molecule has 8 nitrogen and oxygen atoms in total. The predicted octanol–water partition coefficient (Wildman–Crippen LogP) is 4.99. The number of aromatic amines is 1. The van der Waals surface area contributed by atoms with Crippen LogP contribution in [0.1, 0.15) is 51.6 Å². The zero-order valence-corrected chi connectivity index (χ0v) is 21.2. The second kappa shape index (κ2) is 9.54. The molecule has 3 aromatic rings. The summed E-state index contributed by atoms with van der Waals surface area (Å²) in [5.74, 6) is 0.774. The van der Waals surface area contributed by atoms with Crippen LogP contribution in [0.15, 0.2) is 48.8 Å². The average molecular weight is 476 g/mol. The van der Waals surface area contributed by atoms with Gasteiger partial charge in [-0.2, -0.15) is 0 Å². The van der Waals surface area contributed by atoms with Crippen molar-refractivity contribution >= 4 is 11.8 Å². The summed E-state index contributed by atoms with van der Waals surface area (Å²) >= 11 is 0. The lowest BCUT2D eigenvalue weighted by Crippen LogP contribution is -2.40. The van der Waals surface area contributed by atoms with Gasteiger partial charge in [0.1, 0.15) is 11.4 Å². The van der Waals surface area contributed by atoms with Gasteiger partial charge in [-0.3, -0.25) is 15.3 Å². The van der Waals surface area contributed by atoms with Crippen LogP contribution in [0, 0.1) is 0 Å². The Hall–Kier alpha value is -3.65. The Morgan fingerprint density at radius 3 is 2.51 bits per heavy atom. The number of alkyl carbamates (subject to hydrolysis) is 1. The number of hydroxylamine groups is 1. The van der Waals surface area contributed by atoms with Gasteiger partial charge in [0.15, 0.2) is 0 Å². The fourth-order valence-corrected chi connectivity index (χ4v) is 4.02. The van der Waals surface area contributed by atoms with E-state index in [4.69, 9.17) is 14.6 Å². The van der Waals surface area contributed by atoms with Gasteiger partial charge in [0.05, 0.1) is 24.2 Å². The molecule has 0 fully saturated rings. The lowest BCUT2D eigenvalue weighted by molar-refractivity contribution is 0.0516. The molecule has 3 N–H and O–H groups in total. The van der Waals surface area contributed by atoms with Crippen LogP contribution >= 0.6 is 0 Å². The minimum Gasteiger partial charge on any atom is -0.444 e. The first-order chi connectivity index (χ1) is 16.6. The van der Waals surface area contributed by atoms with Crippen molar-refractivity contribution in [2.45, 2.75) is 52.1 Å². The van der Waals surface area contributed by atoms with Crippen LogP contribution in [0.2, 0.25) is 0 Å². The summed E-state index contributed by atoms with van der Waals surface area (Å²) in [6, 6.07) is 10.3. The zero-order valence-electron chi connectivity index (χ0n) is 21.2. The third-order valence-corrected chi connectivity index (χ3v) is 5.79. The number of nitrogens with zero attached hydrogens (tertiary/aromatic N) is 2. The summed E-state index contributed by atoms with van der Waals surface area (Å²) in [6.45, 7) is 9.98. The van der Waals surface area contributed by atoms with Crippen molar-refractivity contribution in [1.29, 1.82) is 0 Å². The number of H-pyrrole nitrogens is 1. The number of fused-ring (bicyclic) bond motifs is 1. The third kappa shape index (κ3) is 5.54. The largest absolute Gasteiger partial charge is 0.444 e. The molecule has 0 aliphatic heterocycles. The molecular weight excluding hydrogens is 442 g/mol. The van der Waals surface area contributed by atoms with E-state index in [0.29, 0.717) is 6.54 Å². The predicted molar refractivity (Wildman–Crippen MR) is 136 cm³/mol. The van der Waals surface area contributed by atoms with Gasteiger partial charge in [0.2, 0.25) is 0 Å². The fraction of sp³-hybridized carbons (Fsp3) is 0.370. The number of amides is 1. The van der Waals surface area contributed by atoms with Gasteiger partial charge in [-0.1, -0.05) is 32.1 Å². The maximum atomic E-state index is 12.2. The molecule has 35 heavy (non-hydrogen) atoms. The van der Waals surface area contributed by atoms with Crippen molar-refractivity contribution in [3.63, 3.8) is 0 Å². The monoisotopic (exact) mass is 475 g/mol. The summed E-state index contributed by atoms with van der Waals surface area (Å²) in [4.78, 5) is 30.1. The first-order valence-electron chi connectivity index (χ1n) is 11.7. The third-order valence-electron chi connectivity index (χ3n) is 5.79. The molecule has 0 saturated carbocycles. The molecule has 0 spiro atoms. The van der Waals surface area contributed by atoms with E-state index in [9.17, 15) is 4.79 Å². The smallest absolute Gasteiger partial charge is 0.407 e. The molecule has 0 bridgehead atoms. The summed E-state index contributed by atoms with van der Waals surface area (Å²) in [6.07, 6.45) is 6.03. The van der Waals surface area contributed by atoms with Gasteiger partial charge < -0.3 is 15.0 Å². The Bertz CT molecular complexity index is 1240. The Kier molecular flexibility index (Phi) is 6.67. The average Bonchev–Trinajstić information content (AvgIpc) is 3.43. The normalized spacial score (nSPS) is 13.3. The van der Waals surface area contributed by atoms with Gasteiger partial charge in [-0.25, -0.2) is 9.78 Å². The molecule has 0 radical (unpaired) electrons. The number of ether oxygens (including phenoxy) is 1. The summed E-state index contributed by atoms with van der Waals surface area (Å²) < 4.78 is 5.40. The molecule has 1 aliphatic carbocycles. The summed E-state index contributed by atoms with van der Waals surface area (Å²) in [5.41, 5.74) is 9.00. The van der Waals surface area contributed by atoms with Crippen molar-refractivity contribution in [2.75, 3.05) is 13.7 Å². The van der Waals surface area contributed by atoms with Gasteiger partial charge in [-0.05, 0) is 51.0 Å². The lowest BCUT2D eigenvalue weighted by atomic mass is 9.92. The van der Waals surface area contributed by atoms with Crippen LogP contribution < -0.4 is 10.8 Å². The minimum atomic E-state index is -0.554. The topological polar surface area (TPSA) is 101 Å². The Morgan fingerprint density at radius 1 is 1.09 bits per heavy atom. The number of hydrogen-bond acceptors (Lipinski definition) is 6. The molecule has 0 saturated heterocycles. The molecule has 1 amide bonds. The molecule has 0 unspecified atom stereocenters. The van der Waals surface area contributed by atoms with Crippen molar-refractivity contribution in [3.8, 4) is 22.5 Å². The van der Waals surface area contributed by atoms with Crippen molar-refractivity contribution in [2.24, 2.45) is 0 Å². The fourth-order valence-electron chi connectivity index (χ4n) is 4.02. The van der Waals surface area contributed by atoms with E-state index in [0.717, 1.165) is 46.0 Å². The number of nitrogens with one attached hydrogen (secondary N) is 3. The van der Waals surface area contributed by atoms with E-state index >= 15 is 0 Å². The number of pyridine rings is 1. The number of aromatic nitrogens is 3. The highest BCUT2D eigenvalue weighted by Crippen LogP contribution is 2.36. The first-order valence-corrected chi connectivity index (χ1v) is 11.7. The molecule has 0 atom stereocenters. The highest BCUT2D eigenvalue weighted by molar-refractivity contribution is 5.81. The lowest BCUT2D eigenvalue weighted by Gasteiger charge is -2.25. The minimum absolute atomic E-state index is 0.366. The Labute approximate surface area is 206 Å². The number of hydrogen-bond donors (Lipinski definition) is 3. The molecule has 1 aromatic carbocycles. The number of imidazole rings is 1. The van der Waals surface area contributed by atoms with E-state index in [-0.39, 0.29) is 0 Å². The maximum Gasteiger partial charge on any atom is 0.407 e. The SMILES string of the molecule is CONC1=CCc2cc(-c3nc(C(C)(C)CNC(=O)OC(C)(C)C)[nH]c3-c3ccncc3)ccc21. The number of rotatable bonds is 7. The molecule has 8 heteroatoms. The Morgan fingerprint density at radius 2 is 1.83 bits per heavy atom. The van der Waals surface area contributed by atoms with Crippen molar-refractivity contribution < 1.29 is 14.4 Å². The van der Waals surface area contributed by atoms with Gasteiger partial charge in [-0.15, -0.1) is 0 Å². The number of carbonyl (C=O) groups excluding carboxylic acids is 1. The van der Waals surface area contributed by atoms with Gasteiger partial charge in [0.25, 0.3) is 0 Å². The van der Waals surface area contributed by atoms with E-state index in [2.05, 4.69) is 45.0 Å². The molecule has 2 aromatic heterocycles. The second-order valence-corrected chi connectivity index (χ2v) is 10.3. The number of allylic oxidation sites excluding steroid dienone is 1. The standard InChI is InChI=1S/C27H33N5O3/c1-26(2,3)35-25(33)29-16-27(4,5)24-30-22(17-11-13-28-14-12-17)23(31-24)19-7-9-20-18(15-19)8-10-21(20)32-34-6/h7,9-15,32H,8,16H2,1-6H3,(H,29,33)(H,30,31).